The van der Waals surface area contributed by atoms with E-state index < -0.39 is 11.8 Å². The van der Waals surface area contributed by atoms with Gasteiger partial charge in [-0.3, -0.25) is 0 Å². The molecule has 1 atom stereocenters. The lowest BCUT2D eigenvalue weighted by Gasteiger charge is -2.19. The highest BCUT2D eigenvalue weighted by Gasteiger charge is 2.28. The number of rotatable bonds is 3. The third-order valence-electron chi connectivity index (χ3n) is 4.74. The maximum absolute atomic E-state index is 14.7. The fraction of sp³-hybridized carbons (Fsp3) is 0.263. The molecule has 0 bridgehead atoms. The molecule has 1 aliphatic rings. The average molecular weight is 356 g/mol. The van der Waals surface area contributed by atoms with Gasteiger partial charge in [0.2, 0.25) is 0 Å². The van der Waals surface area contributed by atoms with Crippen LogP contribution in [0.1, 0.15) is 28.3 Å². The van der Waals surface area contributed by atoms with E-state index >= 15 is 0 Å². The molecule has 4 nitrogen and oxygen atoms in total. The number of halogens is 1. The van der Waals surface area contributed by atoms with E-state index in [4.69, 9.17) is 0 Å². The minimum Gasteiger partial charge on any atom is -0.465 e. The highest BCUT2D eigenvalue weighted by molar-refractivity contribution is 7.16. The molecular weight excluding hydrogens is 339 g/mol. The largest absolute Gasteiger partial charge is 0.465 e. The van der Waals surface area contributed by atoms with Crippen molar-refractivity contribution in [1.29, 1.82) is 0 Å². The van der Waals surface area contributed by atoms with Gasteiger partial charge >= 0.3 is 5.97 Å². The maximum Gasteiger partial charge on any atom is 0.340 e. The predicted molar refractivity (Wildman–Crippen MR) is 96.9 cm³/mol. The van der Waals surface area contributed by atoms with Gasteiger partial charge in [0.05, 0.1) is 28.4 Å². The Labute approximate surface area is 148 Å². The van der Waals surface area contributed by atoms with Gasteiger partial charge in [0, 0.05) is 24.7 Å². The second kappa shape index (κ2) is 6.44. The van der Waals surface area contributed by atoms with Crippen LogP contribution in [0.3, 0.4) is 0 Å². The quantitative estimate of drug-likeness (QED) is 0.659. The first kappa shape index (κ1) is 16.0. The maximum atomic E-state index is 14.7. The van der Waals surface area contributed by atoms with E-state index in [9.17, 15) is 9.18 Å². The van der Waals surface area contributed by atoms with Crippen molar-refractivity contribution >= 4 is 33.2 Å². The Morgan fingerprint density at radius 1 is 1.36 bits per heavy atom. The molecule has 1 aliphatic heterocycles. The molecule has 0 radical (unpaired) electrons. The first-order valence-electron chi connectivity index (χ1n) is 8.12. The molecule has 0 spiro atoms. The van der Waals surface area contributed by atoms with Crippen LogP contribution in [0.5, 0.6) is 0 Å². The molecule has 2 aromatic carbocycles. The Morgan fingerprint density at radius 2 is 2.24 bits per heavy atom. The lowest BCUT2D eigenvalue weighted by atomic mass is 9.95. The van der Waals surface area contributed by atoms with Crippen molar-refractivity contribution in [2.45, 2.75) is 12.3 Å². The summed E-state index contributed by atoms with van der Waals surface area (Å²) in [6, 6.07) is 11.2. The first-order valence-corrected chi connectivity index (χ1v) is 9.00. The number of benzene rings is 2. The molecule has 25 heavy (non-hydrogen) atoms. The Hall–Kier alpha value is -2.47. The number of thiazole rings is 1. The van der Waals surface area contributed by atoms with Gasteiger partial charge in [0.25, 0.3) is 0 Å². The summed E-state index contributed by atoms with van der Waals surface area (Å²) in [6.45, 7) is 1.59. The normalized spacial score (nSPS) is 17.2. The van der Waals surface area contributed by atoms with E-state index in [1.165, 1.54) is 13.2 Å². The highest BCUT2D eigenvalue weighted by atomic mass is 32.1. The van der Waals surface area contributed by atoms with Crippen molar-refractivity contribution < 1.29 is 13.9 Å². The number of ether oxygens (including phenoxy) is 1. The van der Waals surface area contributed by atoms with Gasteiger partial charge in [0.1, 0.15) is 5.82 Å². The summed E-state index contributed by atoms with van der Waals surface area (Å²) in [5.74, 6) is -1.04. The van der Waals surface area contributed by atoms with E-state index in [2.05, 4.69) is 26.8 Å². The summed E-state index contributed by atoms with van der Waals surface area (Å²) in [5, 5.41) is 0. The van der Waals surface area contributed by atoms with Crippen LogP contribution in [-0.2, 0) is 4.74 Å². The van der Waals surface area contributed by atoms with Gasteiger partial charge in [-0.1, -0.05) is 12.1 Å². The molecule has 1 fully saturated rings. The number of fused-ring (bicyclic) bond motifs is 1. The number of carbonyl (C=O) groups excluding carboxylic acids is 1. The van der Waals surface area contributed by atoms with Gasteiger partial charge in [-0.05, 0) is 36.2 Å². The molecule has 0 saturated carbocycles. The van der Waals surface area contributed by atoms with E-state index in [1.807, 2.05) is 11.6 Å². The Morgan fingerprint density at radius 3 is 3.08 bits per heavy atom. The van der Waals surface area contributed by atoms with Gasteiger partial charge in [-0.15, -0.1) is 11.3 Å². The van der Waals surface area contributed by atoms with Crippen molar-refractivity contribution in [1.82, 2.24) is 4.98 Å². The minimum atomic E-state index is -0.634. The zero-order valence-corrected chi connectivity index (χ0v) is 14.6. The molecule has 6 heteroatoms. The molecule has 2 heterocycles. The molecule has 0 aliphatic carbocycles. The number of esters is 1. The van der Waals surface area contributed by atoms with Crippen molar-refractivity contribution in [3.63, 3.8) is 0 Å². The standard InChI is InChI=1S/C19H17FN2O2S/c1-24-19(23)15-4-2-3-14(18(15)20)12-7-8-22(10-12)13-5-6-16-17(9-13)25-11-21-16/h2-6,9,11-12H,7-8,10H2,1H3. The number of nitrogens with zero attached hydrogens (tertiary/aromatic N) is 2. The SMILES string of the molecule is COC(=O)c1cccc(C2CCN(c3ccc4ncsc4c3)C2)c1F. The number of methoxy groups -OCH3 is 1. The average Bonchev–Trinajstić information content (AvgIpc) is 3.29. The topological polar surface area (TPSA) is 42.4 Å². The second-order valence-electron chi connectivity index (χ2n) is 6.14. The number of carbonyl (C=O) groups is 1. The van der Waals surface area contributed by atoms with Crippen LogP contribution in [0.2, 0.25) is 0 Å². The zero-order valence-electron chi connectivity index (χ0n) is 13.7. The van der Waals surface area contributed by atoms with Gasteiger partial charge in [0.15, 0.2) is 0 Å². The van der Waals surface area contributed by atoms with Crippen LogP contribution in [0.25, 0.3) is 10.2 Å². The number of hydrogen-bond donors (Lipinski definition) is 0. The molecule has 3 aromatic rings. The molecule has 1 aromatic heterocycles. The van der Waals surface area contributed by atoms with E-state index in [0.29, 0.717) is 5.56 Å². The Bertz CT molecular complexity index is 940. The summed E-state index contributed by atoms with van der Waals surface area (Å²) < 4.78 is 20.5. The van der Waals surface area contributed by atoms with E-state index in [0.717, 1.165) is 35.4 Å². The molecule has 0 N–H and O–H groups in total. The number of hydrogen-bond acceptors (Lipinski definition) is 5. The van der Waals surface area contributed by atoms with Gasteiger partial charge < -0.3 is 9.64 Å². The van der Waals surface area contributed by atoms with Crippen LogP contribution < -0.4 is 4.90 Å². The van der Waals surface area contributed by atoms with Crippen LogP contribution in [0.15, 0.2) is 41.9 Å². The van der Waals surface area contributed by atoms with Crippen LogP contribution >= 0.6 is 11.3 Å². The molecule has 4 rings (SSSR count). The van der Waals surface area contributed by atoms with Crippen molar-refractivity contribution in [2.75, 3.05) is 25.1 Å². The summed E-state index contributed by atoms with van der Waals surface area (Å²) in [6.07, 6.45) is 0.849. The lowest BCUT2D eigenvalue weighted by Crippen LogP contribution is -2.19. The molecule has 0 amide bonds. The highest BCUT2D eigenvalue weighted by Crippen LogP contribution is 2.34. The zero-order chi connectivity index (χ0) is 17.4. The van der Waals surface area contributed by atoms with Crippen molar-refractivity contribution in [3.05, 3.63) is 58.9 Å². The lowest BCUT2D eigenvalue weighted by molar-refractivity contribution is 0.0595. The van der Waals surface area contributed by atoms with Crippen molar-refractivity contribution in [2.24, 2.45) is 0 Å². The fourth-order valence-electron chi connectivity index (χ4n) is 3.42. The van der Waals surface area contributed by atoms with Crippen LogP contribution in [-0.4, -0.2) is 31.2 Å². The summed E-state index contributed by atoms with van der Waals surface area (Å²) in [4.78, 5) is 18.3. The number of aromatic nitrogens is 1. The first-order chi connectivity index (χ1) is 12.2. The Balaban J connectivity index is 1.59. The summed E-state index contributed by atoms with van der Waals surface area (Å²) >= 11 is 1.62. The molecule has 1 unspecified atom stereocenters. The van der Waals surface area contributed by atoms with E-state index in [-0.39, 0.29) is 11.5 Å². The van der Waals surface area contributed by atoms with Crippen LogP contribution in [0.4, 0.5) is 10.1 Å². The monoisotopic (exact) mass is 356 g/mol. The van der Waals surface area contributed by atoms with Crippen molar-refractivity contribution in [3.8, 4) is 0 Å². The third kappa shape index (κ3) is 2.87. The smallest absolute Gasteiger partial charge is 0.340 e. The Kier molecular flexibility index (Phi) is 4.13. The molecular formula is C19H17FN2O2S. The second-order valence-corrected chi connectivity index (χ2v) is 7.02. The van der Waals surface area contributed by atoms with Gasteiger partial charge in [-0.25, -0.2) is 14.2 Å². The van der Waals surface area contributed by atoms with E-state index in [1.54, 1.807) is 23.5 Å². The van der Waals surface area contributed by atoms with Gasteiger partial charge in [-0.2, -0.15) is 0 Å². The minimum absolute atomic E-state index is 0.00419. The fourth-order valence-corrected chi connectivity index (χ4v) is 4.13. The third-order valence-corrected chi connectivity index (χ3v) is 5.53. The molecule has 1 saturated heterocycles. The predicted octanol–water partition coefficient (Wildman–Crippen LogP) is 4.22. The summed E-state index contributed by atoms with van der Waals surface area (Å²) in [7, 11) is 1.27. The van der Waals surface area contributed by atoms with Crippen LogP contribution in [0, 0.1) is 5.82 Å². The summed E-state index contributed by atoms with van der Waals surface area (Å²) in [5.41, 5.74) is 4.56. The number of anilines is 1. The molecule has 128 valence electrons.